The van der Waals surface area contributed by atoms with Crippen molar-refractivity contribution < 1.29 is 9.59 Å². The normalized spacial score (nSPS) is 9.47. The van der Waals surface area contributed by atoms with Crippen LogP contribution in [0.4, 0.5) is 0 Å². The quantitative estimate of drug-likeness (QED) is 0.653. The average molecular weight is 224 g/mol. The van der Waals surface area contributed by atoms with Gasteiger partial charge < -0.3 is 10.6 Å². The van der Waals surface area contributed by atoms with Crippen LogP contribution in [0, 0.1) is 0 Å². The molecule has 2 N–H and O–H groups in total. The summed E-state index contributed by atoms with van der Waals surface area (Å²) in [5, 5.41) is 4.90. The van der Waals surface area contributed by atoms with Crippen molar-refractivity contribution in [2.45, 2.75) is 4.90 Å². The van der Waals surface area contributed by atoms with Crippen LogP contribution in [-0.4, -0.2) is 25.4 Å². The number of thiol groups is 1. The van der Waals surface area contributed by atoms with E-state index >= 15 is 0 Å². The smallest absolute Gasteiger partial charge is 0.252 e. The molecule has 80 valence electrons. The van der Waals surface area contributed by atoms with Crippen molar-refractivity contribution in [1.82, 2.24) is 10.6 Å². The summed E-state index contributed by atoms with van der Waals surface area (Å²) in [6.45, 7) is -0.0303. The van der Waals surface area contributed by atoms with Gasteiger partial charge in [0.15, 0.2) is 0 Å². The number of carbonyl (C=O) groups excluding carboxylic acids is 2. The monoisotopic (exact) mass is 224 g/mol. The third kappa shape index (κ3) is 3.28. The van der Waals surface area contributed by atoms with Crippen LogP contribution in [0.25, 0.3) is 0 Å². The second-order valence-corrected chi connectivity index (χ2v) is 3.35. The Balaban J connectivity index is 2.62. The van der Waals surface area contributed by atoms with Gasteiger partial charge in [-0.25, -0.2) is 0 Å². The number of nitrogens with one attached hydrogen (secondary N) is 2. The van der Waals surface area contributed by atoms with Crippen LogP contribution < -0.4 is 10.6 Å². The Bertz CT molecular complexity index is 379. The SMILES string of the molecule is CNC(=O)CNC(=O)c1ccccc1S. The van der Waals surface area contributed by atoms with Crippen LogP contribution >= 0.6 is 12.6 Å². The minimum atomic E-state index is -0.302. The lowest BCUT2D eigenvalue weighted by Gasteiger charge is -2.05. The maximum atomic E-state index is 11.5. The van der Waals surface area contributed by atoms with Crippen LogP contribution in [0.15, 0.2) is 29.2 Å². The van der Waals surface area contributed by atoms with Crippen molar-refractivity contribution >= 4 is 24.4 Å². The third-order valence-corrected chi connectivity index (χ3v) is 2.23. The lowest BCUT2D eigenvalue weighted by atomic mass is 10.2. The number of benzene rings is 1. The van der Waals surface area contributed by atoms with E-state index < -0.39 is 0 Å². The van der Waals surface area contributed by atoms with Gasteiger partial charge >= 0.3 is 0 Å². The topological polar surface area (TPSA) is 58.2 Å². The molecule has 0 saturated carbocycles. The molecule has 0 radical (unpaired) electrons. The molecule has 0 heterocycles. The molecule has 0 aromatic heterocycles. The zero-order chi connectivity index (χ0) is 11.3. The Morgan fingerprint density at radius 1 is 1.33 bits per heavy atom. The van der Waals surface area contributed by atoms with Crippen LogP contribution in [0.3, 0.4) is 0 Å². The summed E-state index contributed by atoms with van der Waals surface area (Å²) in [5.74, 6) is -0.538. The highest BCUT2D eigenvalue weighted by atomic mass is 32.1. The molecule has 0 atom stereocenters. The van der Waals surface area contributed by atoms with Crippen molar-refractivity contribution in [2.75, 3.05) is 13.6 Å². The minimum Gasteiger partial charge on any atom is -0.358 e. The first-order valence-corrected chi connectivity index (χ1v) is 4.86. The van der Waals surface area contributed by atoms with Gasteiger partial charge in [0.2, 0.25) is 5.91 Å². The van der Waals surface area contributed by atoms with Gasteiger partial charge in [0.1, 0.15) is 0 Å². The summed E-state index contributed by atoms with van der Waals surface area (Å²) in [6.07, 6.45) is 0. The van der Waals surface area contributed by atoms with Crippen LogP contribution in [0.5, 0.6) is 0 Å². The van der Waals surface area contributed by atoms with E-state index in [9.17, 15) is 9.59 Å². The fourth-order valence-corrected chi connectivity index (χ4v) is 1.27. The molecule has 0 spiro atoms. The zero-order valence-electron chi connectivity index (χ0n) is 8.28. The highest BCUT2D eigenvalue weighted by Gasteiger charge is 2.09. The summed E-state index contributed by atoms with van der Waals surface area (Å²) >= 11 is 4.14. The average Bonchev–Trinajstić information content (AvgIpc) is 2.26. The zero-order valence-corrected chi connectivity index (χ0v) is 9.17. The Labute approximate surface area is 93.5 Å². The van der Waals surface area contributed by atoms with Gasteiger partial charge in [0, 0.05) is 11.9 Å². The summed E-state index contributed by atoms with van der Waals surface area (Å²) in [6, 6.07) is 6.91. The van der Waals surface area contributed by atoms with E-state index in [-0.39, 0.29) is 18.4 Å². The number of likely N-dealkylation sites (N-methyl/N-ethyl adjacent to an activating group) is 1. The molecule has 5 heteroatoms. The van der Waals surface area contributed by atoms with Crippen molar-refractivity contribution in [3.8, 4) is 0 Å². The molecule has 1 aromatic carbocycles. The number of hydrogen-bond acceptors (Lipinski definition) is 3. The minimum absolute atomic E-state index is 0.0303. The summed E-state index contributed by atoms with van der Waals surface area (Å²) in [5.41, 5.74) is 0.463. The second-order valence-electron chi connectivity index (χ2n) is 2.87. The fourth-order valence-electron chi connectivity index (χ4n) is 1.01. The molecule has 1 rings (SSSR count). The van der Waals surface area contributed by atoms with Gasteiger partial charge in [0.25, 0.3) is 5.91 Å². The first kappa shape index (κ1) is 11.6. The van der Waals surface area contributed by atoms with Gasteiger partial charge in [0.05, 0.1) is 12.1 Å². The first-order chi connectivity index (χ1) is 7.15. The van der Waals surface area contributed by atoms with Crippen molar-refractivity contribution in [1.29, 1.82) is 0 Å². The lowest BCUT2D eigenvalue weighted by Crippen LogP contribution is -2.35. The van der Waals surface area contributed by atoms with Crippen LogP contribution in [0.2, 0.25) is 0 Å². The number of amides is 2. The predicted octanol–water partition coefficient (Wildman–Crippen LogP) is 0.451. The van der Waals surface area contributed by atoms with E-state index in [0.717, 1.165) is 0 Å². The van der Waals surface area contributed by atoms with Crippen molar-refractivity contribution in [3.63, 3.8) is 0 Å². The molecular formula is C10H12N2O2S. The van der Waals surface area contributed by atoms with E-state index in [1.54, 1.807) is 24.3 Å². The van der Waals surface area contributed by atoms with Crippen molar-refractivity contribution in [3.05, 3.63) is 29.8 Å². The molecule has 0 fully saturated rings. The number of rotatable bonds is 3. The molecule has 2 amide bonds. The van der Waals surface area contributed by atoms with E-state index in [4.69, 9.17) is 0 Å². The Morgan fingerprint density at radius 2 is 2.00 bits per heavy atom. The molecule has 0 bridgehead atoms. The molecule has 0 aliphatic heterocycles. The van der Waals surface area contributed by atoms with Gasteiger partial charge in [-0.2, -0.15) is 0 Å². The van der Waals surface area contributed by atoms with E-state index in [1.165, 1.54) is 7.05 Å². The molecule has 0 saturated heterocycles. The van der Waals surface area contributed by atoms with Gasteiger partial charge in [-0.3, -0.25) is 9.59 Å². The molecule has 4 nitrogen and oxygen atoms in total. The van der Waals surface area contributed by atoms with Crippen LogP contribution in [0.1, 0.15) is 10.4 Å². The Kier molecular flexibility index (Phi) is 4.17. The largest absolute Gasteiger partial charge is 0.358 e. The van der Waals surface area contributed by atoms with E-state index in [1.807, 2.05) is 0 Å². The molecule has 1 aromatic rings. The Hall–Kier alpha value is -1.49. The fraction of sp³-hybridized carbons (Fsp3) is 0.200. The predicted molar refractivity (Wildman–Crippen MR) is 60.1 cm³/mol. The molecule has 0 aliphatic carbocycles. The number of hydrogen-bond donors (Lipinski definition) is 3. The maximum absolute atomic E-state index is 11.5. The number of carbonyl (C=O) groups is 2. The Morgan fingerprint density at radius 3 is 2.60 bits per heavy atom. The molecule has 15 heavy (non-hydrogen) atoms. The molecule has 0 aliphatic rings. The van der Waals surface area contributed by atoms with Gasteiger partial charge in [-0.15, -0.1) is 12.6 Å². The highest BCUT2D eigenvalue weighted by Crippen LogP contribution is 2.12. The summed E-state index contributed by atoms with van der Waals surface area (Å²) in [7, 11) is 1.51. The molecule has 0 unspecified atom stereocenters. The molecular weight excluding hydrogens is 212 g/mol. The first-order valence-electron chi connectivity index (χ1n) is 4.42. The third-order valence-electron chi connectivity index (χ3n) is 1.84. The van der Waals surface area contributed by atoms with E-state index in [0.29, 0.717) is 10.5 Å². The second kappa shape index (κ2) is 5.41. The van der Waals surface area contributed by atoms with Crippen LogP contribution in [-0.2, 0) is 4.79 Å². The summed E-state index contributed by atoms with van der Waals surface area (Å²) in [4.78, 5) is 23.0. The lowest BCUT2D eigenvalue weighted by molar-refractivity contribution is -0.119. The maximum Gasteiger partial charge on any atom is 0.252 e. The van der Waals surface area contributed by atoms with Crippen molar-refractivity contribution in [2.24, 2.45) is 0 Å². The van der Waals surface area contributed by atoms with Gasteiger partial charge in [-0.05, 0) is 12.1 Å². The summed E-state index contributed by atoms with van der Waals surface area (Å²) < 4.78 is 0. The van der Waals surface area contributed by atoms with Gasteiger partial charge in [-0.1, -0.05) is 12.1 Å². The highest BCUT2D eigenvalue weighted by molar-refractivity contribution is 7.80. The van der Waals surface area contributed by atoms with E-state index in [2.05, 4.69) is 23.3 Å². The standard InChI is InChI=1S/C10H12N2O2S/c1-11-9(13)6-12-10(14)7-4-2-3-5-8(7)15/h2-5,15H,6H2,1H3,(H,11,13)(H,12,14).